The zero-order valence-corrected chi connectivity index (χ0v) is 16.2. The minimum Gasteiger partial charge on any atom is -0.325 e. The van der Waals surface area contributed by atoms with Crippen LogP contribution in [-0.4, -0.2) is 31.4 Å². The van der Waals surface area contributed by atoms with Crippen LogP contribution in [-0.2, 0) is 11.3 Å². The van der Waals surface area contributed by atoms with Crippen LogP contribution < -0.4 is 5.32 Å². The van der Waals surface area contributed by atoms with Crippen molar-refractivity contribution in [2.24, 2.45) is 0 Å². The monoisotopic (exact) mass is 389 g/mol. The first kappa shape index (κ1) is 18.2. The highest BCUT2D eigenvalue weighted by Crippen LogP contribution is 2.27. The Morgan fingerprint density at radius 2 is 2.07 bits per heavy atom. The number of anilines is 1. The Kier molecular flexibility index (Phi) is 5.08. The van der Waals surface area contributed by atoms with Crippen molar-refractivity contribution in [2.75, 3.05) is 11.1 Å². The molecule has 2 heterocycles. The molecule has 7 heteroatoms. The lowest BCUT2D eigenvalue weighted by molar-refractivity contribution is -0.113. The number of allylic oxidation sites excluding steroid dienone is 1. The number of aromatic nitrogens is 4. The minimum absolute atomic E-state index is 0.106. The molecule has 2 aromatic carbocycles. The maximum atomic E-state index is 12.2. The van der Waals surface area contributed by atoms with Crippen molar-refractivity contribution >= 4 is 45.4 Å². The Hall–Kier alpha value is -3.19. The van der Waals surface area contributed by atoms with E-state index in [1.807, 2.05) is 61.5 Å². The summed E-state index contributed by atoms with van der Waals surface area (Å²) in [6.07, 6.45) is 1.83. The third kappa shape index (κ3) is 3.61. The molecule has 0 aliphatic rings. The summed E-state index contributed by atoms with van der Waals surface area (Å²) in [6.45, 7) is 6.45. The molecule has 4 rings (SSSR count). The van der Waals surface area contributed by atoms with Crippen LogP contribution in [0.2, 0.25) is 0 Å². The van der Waals surface area contributed by atoms with Gasteiger partial charge in [0, 0.05) is 17.6 Å². The van der Waals surface area contributed by atoms with Crippen LogP contribution in [0.25, 0.3) is 22.1 Å². The quantitative estimate of drug-likeness (QED) is 0.395. The van der Waals surface area contributed by atoms with Gasteiger partial charge >= 0.3 is 0 Å². The highest BCUT2D eigenvalue weighted by atomic mass is 32.2. The van der Waals surface area contributed by atoms with Gasteiger partial charge in [-0.3, -0.25) is 4.79 Å². The lowest BCUT2D eigenvalue weighted by Gasteiger charge is -2.06. The van der Waals surface area contributed by atoms with Crippen LogP contribution >= 0.6 is 11.8 Å². The van der Waals surface area contributed by atoms with Gasteiger partial charge in [-0.1, -0.05) is 48.2 Å². The van der Waals surface area contributed by atoms with Crippen LogP contribution in [0.4, 0.5) is 5.69 Å². The SMILES string of the molecule is C=CCn1c2ccccc2c2nnc(SCC(=O)Nc3cccc(C)c3)nc21. The summed E-state index contributed by atoms with van der Waals surface area (Å²) in [6, 6.07) is 15.7. The zero-order chi connectivity index (χ0) is 19.5. The number of benzene rings is 2. The molecule has 0 fully saturated rings. The molecule has 0 spiro atoms. The predicted molar refractivity (Wildman–Crippen MR) is 114 cm³/mol. The number of hydrogen-bond donors (Lipinski definition) is 1. The summed E-state index contributed by atoms with van der Waals surface area (Å²) in [5, 5.41) is 12.9. The van der Waals surface area contributed by atoms with Crippen molar-refractivity contribution < 1.29 is 4.79 Å². The fraction of sp³-hybridized carbons (Fsp3) is 0.143. The van der Waals surface area contributed by atoms with E-state index in [1.54, 1.807) is 0 Å². The Morgan fingerprint density at radius 1 is 1.21 bits per heavy atom. The van der Waals surface area contributed by atoms with Gasteiger partial charge < -0.3 is 9.88 Å². The number of aryl methyl sites for hydroxylation is 1. The fourth-order valence-electron chi connectivity index (χ4n) is 3.11. The molecular weight excluding hydrogens is 370 g/mol. The second-order valence-corrected chi connectivity index (χ2v) is 7.33. The number of rotatable bonds is 6. The van der Waals surface area contributed by atoms with Gasteiger partial charge in [0.15, 0.2) is 5.65 Å². The summed E-state index contributed by atoms with van der Waals surface area (Å²) in [5.41, 5.74) is 4.42. The first-order chi connectivity index (χ1) is 13.7. The molecule has 0 aliphatic carbocycles. The van der Waals surface area contributed by atoms with Crippen molar-refractivity contribution in [2.45, 2.75) is 18.6 Å². The average Bonchev–Trinajstić information content (AvgIpc) is 3.00. The molecule has 0 unspecified atom stereocenters. The summed E-state index contributed by atoms with van der Waals surface area (Å²) < 4.78 is 2.06. The second kappa shape index (κ2) is 7.82. The highest BCUT2D eigenvalue weighted by molar-refractivity contribution is 7.99. The summed E-state index contributed by atoms with van der Waals surface area (Å²) in [5.74, 6) is 0.106. The predicted octanol–water partition coefficient (Wildman–Crippen LogP) is 4.20. The molecule has 0 atom stereocenters. The Bertz CT molecular complexity index is 1180. The molecule has 0 saturated carbocycles. The maximum absolute atomic E-state index is 12.2. The van der Waals surface area contributed by atoms with Crippen molar-refractivity contribution in [1.29, 1.82) is 0 Å². The molecule has 1 N–H and O–H groups in total. The summed E-state index contributed by atoms with van der Waals surface area (Å²) in [7, 11) is 0. The number of amides is 1. The van der Waals surface area contributed by atoms with Gasteiger partial charge in [-0.2, -0.15) is 0 Å². The van der Waals surface area contributed by atoms with Crippen LogP contribution in [0.3, 0.4) is 0 Å². The number of para-hydroxylation sites is 1. The molecule has 140 valence electrons. The molecular formula is C21H19N5OS. The highest BCUT2D eigenvalue weighted by Gasteiger charge is 2.14. The summed E-state index contributed by atoms with van der Waals surface area (Å²) in [4.78, 5) is 16.9. The normalized spacial score (nSPS) is 11.0. The van der Waals surface area contributed by atoms with Crippen molar-refractivity contribution in [3.63, 3.8) is 0 Å². The largest absolute Gasteiger partial charge is 0.325 e. The maximum Gasteiger partial charge on any atom is 0.234 e. The second-order valence-electron chi connectivity index (χ2n) is 6.39. The van der Waals surface area contributed by atoms with Crippen molar-refractivity contribution in [3.8, 4) is 0 Å². The molecule has 0 bridgehead atoms. The van der Waals surface area contributed by atoms with E-state index in [0.29, 0.717) is 11.7 Å². The van der Waals surface area contributed by atoms with Gasteiger partial charge in [0.05, 0.1) is 11.3 Å². The van der Waals surface area contributed by atoms with Crippen molar-refractivity contribution in [1.82, 2.24) is 19.7 Å². The lowest BCUT2D eigenvalue weighted by Crippen LogP contribution is -2.14. The third-order valence-corrected chi connectivity index (χ3v) is 5.14. The van der Waals surface area contributed by atoms with Crippen LogP contribution in [0.1, 0.15) is 5.56 Å². The zero-order valence-electron chi connectivity index (χ0n) is 15.4. The van der Waals surface area contributed by atoms with E-state index in [4.69, 9.17) is 0 Å². The van der Waals surface area contributed by atoms with E-state index in [0.717, 1.165) is 33.3 Å². The number of carbonyl (C=O) groups excluding carboxylic acids is 1. The van der Waals surface area contributed by atoms with Crippen molar-refractivity contribution in [3.05, 3.63) is 66.7 Å². The number of hydrogen-bond acceptors (Lipinski definition) is 5. The minimum atomic E-state index is -0.106. The number of nitrogens with zero attached hydrogens (tertiary/aromatic N) is 4. The van der Waals surface area contributed by atoms with E-state index in [-0.39, 0.29) is 11.7 Å². The lowest BCUT2D eigenvalue weighted by atomic mass is 10.2. The number of thioether (sulfide) groups is 1. The van der Waals surface area contributed by atoms with Crippen LogP contribution in [0, 0.1) is 6.92 Å². The number of carbonyl (C=O) groups is 1. The van der Waals surface area contributed by atoms with Gasteiger partial charge in [-0.15, -0.1) is 16.8 Å². The van der Waals surface area contributed by atoms with Crippen LogP contribution in [0.5, 0.6) is 0 Å². The molecule has 0 radical (unpaired) electrons. The molecule has 2 aromatic heterocycles. The van der Waals surface area contributed by atoms with Gasteiger partial charge in [0.2, 0.25) is 11.1 Å². The molecule has 6 nitrogen and oxygen atoms in total. The first-order valence-electron chi connectivity index (χ1n) is 8.87. The Labute approximate surface area is 166 Å². The molecule has 0 aliphatic heterocycles. The Balaban J connectivity index is 1.56. The molecule has 0 saturated heterocycles. The van der Waals surface area contributed by atoms with E-state index in [2.05, 4.69) is 31.6 Å². The van der Waals surface area contributed by atoms with Gasteiger partial charge in [0.1, 0.15) is 5.52 Å². The fourth-order valence-corrected chi connectivity index (χ4v) is 3.70. The van der Waals surface area contributed by atoms with E-state index in [9.17, 15) is 4.79 Å². The topological polar surface area (TPSA) is 72.7 Å². The molecule has 4 aromatic rings. The smallest absolute Gasteiger partial charge is 0.234 e. The van der Waals surface area contributed by atoms with Gasteiger partial charge in [0.25, 0.3) is 0 Å². The van der Waals surface area contributed by atoms with E-state index < -0.39 is 0 Å². The summed E-state index contributed by atoms with van der Waals surface area (Å²) >= 11 is 1.27. The molecule has 1 amide bonds. The number of fused-ring (bicyclic) bond motifs is 3. The third-order valence-electron chi connectivity index (χ3n) is 4.30. The van der Waals surface area contributed by atoms with Gasteiger partial charge in [-0.05, 0) is 30.7 Å². The standard InChI is InChI=1S/C21H19N5OS/c1-3-11-26-17-10-5-4-9-16(17)19-20(26)23-21(25-24-19)28-13-18(27)22-15-8-6-7-14(2)12-15/h3-10,12H,1,11,13H2,2H3,(H,22,27). The number of nitrogens with one attached hydrogen (secondary N) is 1. The average molecular weight is 389 g/mol. The molecule has 28 heavy (non-hydrogen) atoms. The Morgan fingerprint density at radius 3 is 2.89 bits per heavy atom. The van der Waals surface area contributed by atoms with E-state index >= 15 is 0 Å². The van der Waals surface area contributed by atoms with Gasteiger partial charge in [-0.25, -0.2) is 4.98 Å². The first-order valence-corrected chi connectivity index (χ1v) is 9.86. The van der Waals surface area contributed by atoms with Crippen LogP contribution in [0.15, 0.2) is 66.3 Å². The van der Waals surface area contributed by atoms with E-state index in [1.165, 1.54) is 11.8 Å².